The van der Waals surface area contributed by atoms with Crippen molar-refractivity contribution < 1.29 is 8.78 Å². The Kier molecular flexibility index (Phi) is 9.23. The molecule has 0 saturated heterocycles. The summed E-state index contributed by atoms with van der Waals surface area (Å²) in [6, 6.07) is 20.1. The molecule has 0 fully saturated rings. The number of aryl methyl sites for hydroxylation is 7. The van der Waals surface area contributed by atoms with Crippen molar-refractivity contribution in [1.82, 2.24) is 38.2 Å². The number of fused-ring (bicyclic) bond motifs is 4. The van der Waals surface area contributed by atoms with E-state index in [1.165, 1.54) is 34.9 Å². The molecule has 0 N–H and O–H groups in total. The summed E-state index contributed by atoms with van der Waals surface area (Å²) in [6.45, 7) is 15.0. The van der Waals surface area contributed by atoms with Crippen molar-refractivity contribution in [1.29, 1.82) is 0 Å². The van der Waals surface area contributed by atoms with Gasteiger partial charge in [0.2, 0.25) is 0 Å². The highest BCUT2D eigenvalue weighted by Gasteiger charge is 2.38. The van der Waals surface area contributed by atoms with Gasteiger partial charge in [-0.25, -0.2) is 28.7 Å². The third-order valence-corrected chi connectivity index (χ3v) is 11.4. The molecule has 4 heterocycles. The number of halogens is 2. The molecule has 0 saturated carbocycles. The Morgan fingerprint density at radius 2 is 0.926 bits per heavy atom. The fourth-order valence-electron chi connectivity index (χ4n) is 8.13. The maximum atomic E-state index is 13.9. The maximum absolute atomic E-state index is 13.9. The highest BCUT2D eigenvalue weighted by molar-refractivity contribution is 5.80. The fourth-order valence-corrected chi connectivity index (χ4v) is 8.13. The number of aromatic nitrogens is 8. The summed E-state index contributed by atoms with van der Waals surface area (Å²) in [4.78, 5) is 19.7. The van der Waals surface area contributed by atoms with Crippen LogP contribution in [0.2, 0.25) is 0 Å². The maximum Gasteiger partial charge on any atom is 0.125 e. The van der Waals surface area contributed by atoms with Crippen molar-refractivity contribution in [2.45, 2.75) is 78.6 Å². The Morgan fingerprint density at radius 1 is 0.519 bits per heavy atom. The van der Waals surface area contributed by atoms with E-state index in [0.29, 0.717) is 0 Å². The number of hydrogen-bond donors (Lipinski definition) is 0. The predicted octanol–water partition coefficient (Wildman–Crippen LogP) is 9.95. The summed E-state index contributed by atoms with van der Waals surface area (Å²) in [5, 5.41) is 0. The van der Waals surface area contributed by atoms with E-state index in [1.807, 2.05) is 30.3 Å². The Bertz CT molecular complexity index is 2620. The third kappa shape index (κ3) is 6.05. The first kappa shape index (κ1) is 37.0. The minimum absolute atomic E-state index is 0.240. The van der Waals surface area contributed by atoms with Crippen molar-refractivity contribution >= 4 is 44.1 Å². The number of benzene rings is 4. The van der Waals surface area contributed by atoms with E-state index in [-0.39, 0.29) is 17.0 Å². The SMILES string of the molecule is CCCCC(C)(c1nc2ccc(F)cc2n1C)c1nc2cc(C)c(C)cc2n1C.Cc1ccc2nc(C(C)(C)c3nc4ccc(F)cc4n3C)n(C)c2c1. The van der Waals surface area contributed by atoms with Gasteiger partial charge >= 0.3 is 0 Å². The first-order valence-corrected chi connectivity index (χ1v) is 18.7. The average molecular weight is 729 g/mol. The summed E-state index contributed by atoms with van der Waals surface area (Å²) < 4.78 is 35.8. The van der Waals surface area contributed by atoms with Gasteiger partial charge in [-0.2, -0.15) is 0 Å². The molecule has 0 bridgehead atoms. The molecule has 8 nitrogen and oxygen atoms in total. The molecule has 8 rings (SSSR count). The Hall–Kier alpha value is -5.38. The summed E-state index contributed by atoms with van der Waals surface area (Å²) >= 11 is 0. The van der Waals surface area contributed by atoms with Crippen LogP contribution in [0.4, 0.5) is 8.78 Å². The fraction of sp³-hybridized carbons (Fsp3) is 0.364. The van der Waals surface area contributed by atoms with Crippen LogP contribution in [-0.2, 0) is 39.0 Å². The Balaban J connectivity index is 0.000000168. The minimum Gasteiger partial charge on any atom is -0.330 e. The molecule has 1 atom stereocenters. The van der Waals surface area contributed by atoms with Crippen LogP contribution in [0.25, 0.3) is 44.1 Å². The molecule has 0 spiro atoms. The molecule has 8 aromatic rings. The van der Waals surface area contributed by atoms with Crippen LogP contribution in [0.1, 0.15) is 86.9 Å². The second-order valence-electron chi connectivity index (χ2n) is 15.7. The van der Waals surface area contributed by atoms with E-state index < -0.39 is 5.41 Å². The van der Waals surface area contributed by atoms with Crippen molar-refractivity contribution in [3.8, 4) is 0 Å². The van der Waals surface area contributed by atoms with Gasteiger partial charge in [0.05, 0.1) is 55.0 Å². The van der Waals surface area contributed by atoms with Gasteiger partial charge in [-0.3, -0.25) is 0 Å². The van der Waals surface area contributed by atoms with Gasteiger partial charge in [-0.15, -0.1) is 0 Å². The van der Waals surface area contributed by atoms with E-state index in [4.69, 9.17) is 19.9 Å². The van der Waals surface area contributed by atoms with Gasteiger partial charge in [0.15, 0.2) is 0 Å². The lowest BCUT2D eigenvalue weighted by Gasteiger charge is -2.28. The van der Waals surface area contributed by atoms with Gasteiger partial charge < -0.3 is 18.3 Å². The zero-order valence-corrected chi connectivity index (χ0v) is 33.3. The third-order valence-electron chi connectivity index (χ3n) is 11.4. The van der Waals surface area contributed by atoms with Crippen molar-refractivity contribution in [3.05, 3.63) is 118 Å². The van der Waals surface area contributed by atoms with Crippen LogP contribution in [0.5, 0.6) is 0 Å². The van der Waals surface area contributed by atoms with E-state index in [9.17, 15) is 8.78 Å². The molecule has 4 aromatic heterocycles. The van der Waals surface area contributed by atoms with Crippen molar-refractivity contribution in [3.63, 3.8) is 0 Å². The quantitative estimate of drug-likeness (QED) is 0.164. The molecule has 280 valence electrons. The van der Waals surface area contributed by atoms with E-state index in [1.54, 1.807) is 18.2 Å². The van der Waals surface area contributed by atoms with Gasteiger partial charge in [0.25, 0.3) is 0 Å². The van der Waals surface area contributed by atoms with Crippen LogP contribution in [0, 0.1) is 32.4 Å². The molecule has 54 heavy (non-hydrogen) atoms. The molecule has 0 aliphatic rings. The number of imidazole rings is 4. The van der Waals surface area contributed by atoms with E-state index in [2.05, 4.69) is 95.0 Å². The monoisotopic (exact) mass is 728 g/mol. The van der Waals surface area contributed by atoms with Crippen LogP contribution < -0.4 is 0 Å². The lowest BCUT2D eigenvalue weighted by Crippen LogP contribution is -2.31. The number of rotatable bonds is 7. The molecule has 0 amide bonds. The topological polar surface area (TPSA) is 71.3 Å². The number of unbranched alkanes of at least 4 members (excludes halogenated alkanes) is 1. The smallest absolute Gasteiger partial charge is 0.125 e. The Morgan fingerprint density at radius 3 is 1.44 bits per heavy atom. The zero-order valence-electron chi connectivity index (χ0n) is 33.3. The van der Waals surface area contributed by atoms with Crippen LogP contribution >= 0.6 is 0 Å². The highest BCUT2D eigenvalue weighted by Crippen LogP contribution is 2.39. The van der Waals surface area contributed by atoms with Gasteiger partial charge in [-0.1, -0.05) is 25.8 Å². The zero-order chi connectivity index (χ0) is 38.9. The average Bonchev–Trinajstić information content (AvgIpc) is 3.86. The van der Waals surface area contributed by atoms with Gasteiger partial charge in [-0.05, 0) is 125 Å². The predicted molar refractivity (Wildman–Crippen MR) is 215 cm³/mol. The molecule has 1 unspecified atom stereocenters. The van der Waals surface area contributed by atoms with Crippen molar-refractivity contribution in [2.75, 3.05) is 0 Å². The first-order chi connectivity index (χ1) is 25.5. The summed E-state index contributed by atoms with van der Waals surface area (Å²) in [6.07, 6.45) is 3.09. The standard InChI is InChI=1S/C24H29FN4.C20H21FN4/c1-7-8-11-24(4,22-26-18-10-9-17(25)14-21(18)29(22)6)23-27-19-12-15(2)16(3)13-20(19)28(23)5;1-12-6-8-14-16(10-12)24(4)18(22-14)20(2,3)19-23-15-9-7-13(21)11-17(15)25(19)5/h9-10,12-14H,7-8,11H2,1-6H3;6-11H,1-5H3. The normalized spacial score (nSPS) is 13.3. The van der Waals surface area contributed by atoms with Crippen molar-refractivity contribution in [2.24, 2.45) is 28.2 Å². The molecule has 4 aromatic carbocycles. The second-order valence-corrected chi connectivity index (χ2v) is 15.7. The summed E-state index contributed by atoms with van der Waals surface area (Å²) in [5.74, 6) is 3.24. The number of nitrogens with zero attached hydrogens (tertiary/aromatic N) is 8. The van der Waals surface area contributed by atoms with Gasteiger partial charge in [0, 0.05) is 28.2 Å². The van der Waals surface area contributed by atoms with E-state index in [0.717, 1.165) is 86.7 Å². The van der Waals surface area contributed by atoms with Crippen LogP contribution in [-0.4, -0.2) is 38.2 Å². The molecular weight excluding hydrogens is 679 g/mol. The minimum atomic E-state index is -0.425. The van der Waals surface area contributed by atoms with Gasteiger partial charge in [0.1, 0.15) is 34.9 Å². The largest absolute Gasteiger partial charge is 0.330 e. The molecule has 0 radical (unpaired) electrons. The molecule has 0 aliphatic carbocycles. The molecule has 0 aliphatic heterocycles. The summed E-state index contributed by atoms with van der Waals surface area (Å²) in [7, 11) is 8.03. The van der Waals surface area contributed by atoms with Crippen LogP contribution in [0.3, 0.4) is 0 Å². The lowest BCUT2D eigenvalue weighted by atomic mass is 9.82. The van der Waals surface area contributed by atoms with E-state index >= 15 is 0 Å². The molecule has 10 heteroatoms. The highest BCUT2D eigenvalue weighted by atomic mass is 19.1. The number of hydrogen-bond acceptors (Lipinski definition) is 4. The molecular formula is C44H50F2N8. The first-order valence-electron chi connectivity index (χ1n) is 18.7. The summed E-state index contributed by atoms with van der Waals surface area (Å²) in [5.41, 5.74) is 10.4. The second kappa shape index (κ2) is 13.5. The lowest BCUT2D eigenvalue weighted by molar-refractivity contribution is 0.422. The van der Waals surface area contributed by atoms with Crippen LogP contribution in [0.15, 0.2) is 66.7 Å². The Labute approximate surface area is 315 Å².